The van der Waals surface area contributed by atoms with Gasteiger partial charge in [0, 0.05) is 11.7 Å². The van der Waals surface area contributed by atoms with Gasteiger partial charge in [-0.3, -0.25) is 0 Å². The summed E-state index contributed by atoms with van der Waals surface area (Å²) in [7, 11) is 0. The molecule has 0 amide bonds. The van der Waals surface area contributed by atoms with Gasteiger partial charge in [0.25, 0.3) is 0 Å². The third kappa shape index (κ3) is 6.84. The van der Waals surface area contributed by atoms with Gasteiger partial charge in [0.1, 0.15) is 11.8 Å². The number of rotatable bonds is 2. The predicted octanol–water partition coefficient (Wildman–Crippen LogP) is 4.83. The van der Waals surface area contributed by atoms with Crippen molar-refractivity contribution in [1.82, 2.24) is 0 Å². The third-order valence-corrected chi connectivity index (χ3v) is 4.72. The van der Waals surface area contributed by atoms with E-state index in [1.165, 1.54) is 24.0 Å². The molecule has 0 aromatic heterocycles. The van der Waals surface area contributed by atoms with Crippen LogP contribution in [0.15, 0.2) is 72.8 Å². The van der Waals surface area contributed by atoms with Crippen LogP contribution >= 0.6 is 0 Å². The number of fused-ring (bicyclic) bond motifs is 1. The summed E-state index contributed by atoms with van der Waals surface area (Å²) in [6.45, 7) is 2.60. The molecule has 0 fully saturated rings. The summed E-state index contributed by atoms with van der Waals surface area (Å²) in [6.07, 6.45) is 3.61. The van der Waals surface area contributed by atoms with Crippen LogP contribution in [0.5, 0.6) is 5.75 Å². The number of aryl methyl sites for hydroxylation is 1. The minimum atomic E-state index is 0.292. The van der Waals surface area contributed by atoms with Crippen LogP contribution in [0.3, 0.4) is 0 Å². The van der Waals surface area contributed by atoms with Crippen LogP contribution in [0.2, 0.25) is 0 Å². The molecule has 0 saturated heterocycles. The van der Waals surface area contributed by atoms with Crippen LogP contribution in [0.4, 0.5) is 11.4 Å². The minimum absolute atomic E-state index is 0.292. The number of para-hydroxylation sites is 3. The zero-order valence-electron chi connectivity index (χ0n) is 17.4. The molecule has 1 unspecified atom stereocenters. The molecule has 6 N–H and O–H groups in total. The molecule has 5 nitrogen and oxygen atoms in total. The summed E-state index contributed by atoms with van der Waals surface area (Å²) < 4.78 is 5.21. The number of benzene rings is 3. The molecule has 0 saturated carbocycles. The zero-order chi connectivity index (χ0) is 21.8. The van der Waals surface area contributed by atoms with Crippen molar-refractivity contribution in [1.29, 1.82) is 5.26 Å². The highest BCUT2D eigenvalue weighted by Gasteiger charge is 2.14. The van der Waals surface area contributed by atoms with E-state index in [1.807, 2.05) is 37.3 Å². The van der Waals surface area contributed by atoms with Crippen LogP contribution in [0, 0.1) is 11.3 Å². The van der Waals surface area contributed by atoms with Gasteiger partial charge < -0.3 is 21.9 Å². The Morgan fingerprint density at radius 3 is 2.17 bits per heavy atom. The summed E-state index contributed by atoms with van der Waals surface area (Å²) in [5, 5.41) is 8.39. The van der Waals surface area contributed by atoms with E-state index in [0.717, 1.165) is 12.2 Å². The van der Waals surface area contributed by atoms with Gasteiger partial charge >= 0.3 is 0 Å². The maximum Gasteiger partial charge on any atom is 0.142 e. The van der Waals surface area contributed by atoms with Gasteiger partial charge in [-0.05, 0) is 61.6 Å². The van der Waals surface area contributed by atoms with Crippen molar-refractivity contribution in [2.45, 2.75) is 32.2 Å². The Bertz CT molecular complexity index is 965. The Morgan fingerprint density at radius 1 is 0.933 bits per heavy atom. The average molecular weight is 403 g/mol. The Morgan fingerprint density at radius 2 is 1.57 bits per heavy atom. The van der Waals surface area contributed by atoms with Gasteiger partial charge in [0.2, 0.25) is 0 Å². The maximum atomic E-state index is 8.39. The van der Waals surface area contributed by atoms with E-state index in [9.17, 15) is 0 Å². The van der Waals surface area contributed by atoms with E-state index >= 15 is 0 Å². The number of nitrogen functional groups attached to an aromatic ring is 2. The minimum Gasteiger partial charge on any atom is -0.492 e. The molecule has 5 heteroatoms. The number of hydrogen-bond donors (Lipinski definition) is 3. The van der Waals surface area contributed by atoms with Crippen molar-refractivity contribution in [3.63, 3.8) is 0 Å². The fourth-order valence-electron chi connectivity index (χ4n) is 3.16. The van der Waals surface area contributed by atoms with E-state index in [1.54, 1.807) is 24.3 Å². The molecule has 0 spiro atoms. The van der Waals surface area contributed by atoms with E-state index in [0.29, 0.717) is 29.6 Å². The second-order valence-corrected chi connectivity index (χ2v) is 6.87. The molecule has 156 valence electrons. The smallest absolute Gasteiger partial charge is 0.142 e. The molecule has 0 bridgehead atoms. The van der Waals surface area contributed by atoms with Crippen LogP contribution in [0.25, 0.3) is 0 Å². The maximum absolute atomic E-state index is 8.39. The number of nitriles is 1. The lowest BCUT2D eigenvalue weighted by atomic mass is 9.88. The standard InChI is InChI=1S/C10H13N.C8H11NO.C7H6N2/c11-10-7-3-5-8-4-1-2-6-9(8)10;1-2-10-8-6-4-3-5-7(8)9;8-5-6-3-1-2-4-7(6)9/h1-2,4,6,10H,3,5,7,11H2;3-6H,2,9H2,1H3;1-4H,9H2. The van der Waals surface area contributed by atoms with Crippen molar-refractivity contribution in [3.8, 4) is 11.8 Å². The molecular formula is C25H30N4O. The van der Waals surface area contributed by atoms with Gasteiger partial charge in [0.15, 0.2) is 0 Å². The quantitative estimate of drug-likeness (QED) is 0.532. The summed E-state index contributed by atoms with van der Waals surface area (Å²) in [5.74, 6) is 0.769. The van der Waals surface area contributed by atoms with Crippen molar-refractivity contribution >= 4 is 11.4 Å². The van der Waals surface area contributed by atoms with Crippen LogP contribution in [-0.2, 0) is 6.42 Å². The SMILES string of the molecule is CCOc1ccccc1N.N#Cc1ccccc1N.NC1CCCc2ccccc21. The Balaban J connectivity index is 0.000000161. The predicted molar refractivity (Wildman–Crippen MR) is 124 cm³/mol. The van der Waals surface area contributed by atoms with Gasteiger partial charge in [-0.25, -0.2) is 0 Å². The van der Waals surface area contributed by atoms with E-state index in [4.69, 9.17) is 27.2 Å². The number of ether oxygens (including phenoxy) is 1. The highest BCUT2D eigenvalue weighted by atomic mass is 16.5. The summed E-state index contributed by atoms with van der Waals surface area (Å²) in [6, 6.07) is 25.2. The van der Waals surface area contributed by atoms with Crippen LogP contribution in [0.1, 0.15) is 42.5 Å². The average Bonchev–Trinajstić information content (AvgIpc) is 2.77. The molecule has 1 atom stereocenters. The van der Waals surface area contributed by atoms with E-state index in [2.05, 4.69) is 24.3 Å². The first-order valence-corrected chi connectivity index (χ1v) is 10.1. The number of hydrogen-bond acceptors (Lipinski definition) is 5. The first kappa shape index (κ1) is 22.8. The van der Waals surface area contributed by atoms with Crippen molar-refractivity contribution in [2.24, 2.45) is 5.73 Å². The molecule has 0 radical (unpaired) electrons. The monoisotopic (exact) mass is 402 g/mol. The molecule has 30 heavy (non-hydrogen) atoms. The molecule has 0 aliphatic heterocycles. The molecular weight excluding hydrogens is 372 g/mol. The Kier molecular flexibility index (Phi) is 9.23. The molecule has 1 aliphatic carbocycles. The van der Waals surface area contributed by atoms with E-state index in [-0.39, 0.29) is 0 Å². The molecule has 3 aromatic carbocycles. The highest BCUT2D eigenvalue weighted by Crippen LogP contribution is 2.27. The van der Waals surface area contributed by atoms with Gasteiger partial charge in [-0.2, -0.15) is 5.26 Å². The fraction of sp³-hybridized carbons (Fsp3) is 0.240. The van der Waals surface area contributed by atoms with Crippen LogP contribution < -0.4 is 21.9 Å². The van der Waals surface area contributed by atoms with Crippen molar-refractivity contribution in [2.75, 3.05) is 18.1 Å². The van der Waals surface area contributed by atoms with E-state index < -0.39 is 0 Å². The number of nitrogens with zero attached hydrogens (tertiary/aromatic N) is 1. The third-order valence-electron chi connectivity index (χ3n) is 4.72. The first-order valence-electron chi connectivity index (χ1n) is 10.1. The van der Waals surface area contributed by atoms with Gasteiger partial charge in [-0.1, -0.05) is 48.5 Å². The Labute approximate surface area is 179 Å². The highest BCUT2D eigenvalue weighted by molar-refractivity contribution is 5.53. The van der Waals surface area contributed by atoms with Gasteiger partial charge in [0.05, 0.1) is 17.9 Å². The van der Waals surface area contributed by atoms with Gasteiger partial charge in [-0.15, -0.1) is 0 Å². The van der Waals surface area contributed by atoms with Crippen molar-refractivity contribution < 1.29 is 4.74 Å². The lowest BCUT2D eigenvalue weighted by Gasteiger charge is -2.21. The molecule has 1 aliphatic rings. The summed E-state index contributed by atoms with van der Waals surface area (Å²) in [5.41, 5.74) is 21.5. The lowest BCUT2D eigenvalue weighted by Crippen LogP contribution is -2.16. The normalized spacial score (nSPS) is 14.0. The largest absolute Gasteiger partial charge is 0.492 e. The topological polar surface area (TPSA) is 111 Å². The fourth-order valence-corrected chi connectivity index (χ4v) is 3.16. The lowest BCUT2D eigenvalue weighted by molar-refractivity contribution is 0.342. The molecule has 4 rings (SSSR count). The second kappa shape index (κ2) is 12.2. The first-order chi connectivity index (χ1) is 14.6. The second-order valence-electron chi connectivity index (χ2n) is 6.87. The Hall–Kier alpha value is -3.49. The summed E-state index contributed by atoms with van der Waals surface area (Å²) in [4.78, 5) is 0. The number of nitrogens with two attached hydrogens (primary N) is 3. The number of anilines is 2. The van der Waals surface area contributed by atoms with Crippen molar-refractivity contribution in [3.05, 3.63) is 89.5 Å². The van der Waals surface area contributed by atoms with Crippen LogP contribution in [-0.4, -0.2) is 6.61 Å². The zero-order valence-corrected chi connectivity index (χ0v) is 17.4. The molecule has 0 heterocycles. The molecule has 3 aromatic rings. The summed E-state index contributed by atoms with van der Waals surface area (Å²) >= 11 is 0.